The summed E-state index contributed by atoms with van der Waals surface area (Å²) in [5, 5.41) is 0. The molecule has 434 valence electrons. The number of rotatable bonds is 45. The van der Waals surface area contributed by atoms with Crippen molar-refractivity contribution in [2.24, 2.45) is 17.8 Å². The molecule has 2 aliphatic heterocycles. The zero-order valence-corrected chi connectivity index (χ0v) is 47.7. The van der Waals surface area contributed by atoms with Crippen molar-refractivity contribution in [3.8, 4) is 0 Å². The first-order chi connectivity index (χ1) is 36.4. The second-order valence-corrected chi connectivity index (χ2v) is 21.6. The molecule has 1 amide bonds. The average molecular weight is 1070 g/mol. The molecule has 0 aromatic carbocycles. The van der Waals surface area contributed by atoms with Crippen LogP contribution in [0.5, 0.6) is 0 Å². The lowest BCUT2D eigenvalue weighted by Gasteiger charge is -2.30. The minimum Gasteiger partial charge on any atom is -0.465 e. The third kappa shape index (κ3) is 35.2. The molecule has 2 saturated heterocycles. The van der Waals surface area contributed by atoms with Crippen LogP contribution >= 0.6 is 0 Å². The normalized spacial score (nSPS) is 16.7. The molecule has 1 unspecified atom stereocenters. The topological polar surface area (TPSA) is 191 Å². The molecule has 0 aromatic rings. The molecule has 3 atom stereocenters. The molecule has 16 nitrogen and oxygen atoms in total. The van der Waals surface area contributed by atoms with Gasteiger partial charge in [-0.15, -0.1) is 0 Å². The van der Waals surface area contributed by atoms with E-state index in [4.69, 9.17) is 33.2 Å². The maximum atomic E-state index is 13.8. The fourth-order valence-electron chi connectivity index (χ4n) is 9.64. The zero-order chi connectivity index (χ0) is 54.7. The van der Waals surface area contributed by atoms with Crippen LogP contribution in [0.4, 0.5) is 4.79 Å². The molecule has 0 radical (unpaired) electrons. The van der Waals surface area contributed by atoms with Crippen LogP contribution in [0.1, 0.15) is 240 Å². The Hall–Kier alpha value is -3.95. The van der Waals surface area contributed by atoms with E-state index in [1.807, 2.05) is 7.05 Å². The third-order valence-corrected chi connectivity index (χ3v) is 14.3. The molecule has 2 fully saturated rings. The van der Waals surface area contributed by atoms with Gasteiger partial charge >= 0.3 is 41.9 Å². The number of hydrogen-bond acceptors (Lipinski definition) is 15. The van der Waals surface area contributed by atoms with Crippen LogP contribution in [0.3, 0.4) is 0 Å². The van der Waals surface area contributed by atoms with E-state index in [2.05, 4.69) is 32.6 Å². The van der Waals surface area contributed by atoms with Crippen molar-refractivity contribution in [1.29, 1.82) is 0 Å². The van der Waals surface area contributed by atoms with Crippen LogP contribution < -0.4 is 0 Å². The van der Waals surface area contributed by atoms with Gasteiger partial charge in [0.2, 0.25) is 0 Å². The lowest BCUT2D eigenvalue weighted by molar-refractivity contribution is -0.157. The summed E-state index contributed by atoms with van der Waals surface area (Å²) in [5.74, 6) is -3.86. The summed E-state index contributed by atoms with van der Waals surface area (Å²) in [6.45, 7) is 9.89. The van der Waals surface area contributed by atoms with Gasteiger partial charge in [0, 0.05) is 56.4 Å². The van der Waals surface area contributed by atoms with Crippen molar-refractivity contribution in [3.63, 3.8) is 0 Å². The molecule has 0 aliphatic carbocycles. The SMILES string of the molecule is CCCCCCCCC(=O)OCC(COC(=O)CCCCCCCC)CC(=O)OC[C@@H]1C[C@@H](OC(=O)CC(COC(=O)CCCCCCCC)COC(=O)CCCCCCCC)CN1C(=O)OCC1CCCN(C)C1. The predicted molar refractivity (Wildman–Crippen MR) is 290 cm³/mol. The number of carbonyl (C=O) groups is 7. The third-order valence-electron chi connectivity index (χ3n) is 14.3. The molecule has 0 bridgehead atoms. The molecular formula is C59H104N2O14. The van der Waals surface area contributed by atoms with Crippen molar-refractivity contribution in [3.05, 3.63) is 0 Å². The number of unbranched alkanes of at least 4 members (excludes halogenated alkanes) is 20. The van der Waals surface area contributed by atoms with Gasteiger partial charge in [-0.2, -0.15) is 0 Å². The number of likely N-dealkylation sites (tertiary alicyclic amines) is 2. The highest BCUT2D eigenvalue weighted by Crippen LogP contribution is 2.25. The van der Waals surface area contributed by atoms with E-state index in [0.717, 1.165) is 154 Å². The van der Waals surface area contributed by atoms with Gasteiger partial charge in [0.1, 0.15) is 12.7 Å². The van der Waals surface area contributed by atoms with Crippen molar-refractivity contribution in [1.82, 2.24) is 9.80 Å². The number of esters is 6. The van der Waals surface area contributed by atoms with Crippen molar-refractivity contribution < 1.29 is 66.7 Å². The molecule has 16 heteroatoms. The van der Waals surface area contributed by atoms with Gasteiger partial charge in [-0.25, -0.2) is 4.79 Å². The molecule has 2 heterocycles. The first-order valence-electron chi connectivity index (χ1n) is 30.0. The highest BCUT2D eigenvalue weighted by Gasteiger charge is 2.40. The van der Waals surface area contributed by atoms with Gasteiger partial charge < -0.3 is 38.1 Å². The molecule has 2 rings (SSSR count). The Labute approximate surface area is 452 Å². The lowest BCUT2D eigenvalue weighted by atomic mass is 10.00. The van der Waals surface area contributed by atoms with Gasteiger partial charge in [0.25, 0.3) is 0 Å². The van der Waals surface area contributed by atoms with Crippen LogP contribution in [0.15, 0.2) is 0 Å². The van der Waals surface area contributed by atoms with E-state index in [9.17, 15) is 33.6 Å². The second-order valence-electron chi connectivity index (χ2n) is 21.6. The summed E-state index contributed by atoms with van der Waals surface area (Å²) >= 11 is 0. The van der Waals surface area contributed by atoms with E-state index < -0.39 is 42.0 Å². The quantitative estimate of drug-likeness (QED) is 0.0318. The number of piperidine rings is 1. The minimum atomic E-state index is -0.773. The van der Waals surface area contributed by atoms with Crippen molar-refractivity contribution in [2.75, 3.05) is 66.3 Å². The van der Waals surface area contributed by atoms with E-state index >= 15 is 0 Å². The number of ether oxygens (including phenoxy) is 7. The highest BCUT2D eigenvalue weighted by atomic mass is 16.6. The molecule has 0 spiro atoms. The van der Waals surface area contributed by atoms with E-state index in [1.165, 1.54) is 4.90 Å². The second kappa shape index (κ2) is 44.1. The minimum absolute atomic E-state index is 0.00571. The van der Waals surface area contributed by atoms with Crippen LogP contribution in [0.2, 0.25) is 0 Å². The summed E-state index contributed by atoms with van der Waals surface area (Å²) in [6.07, 6.45) is 25.8. The largest absolute Gasteiger partial charge is 0.465 e. The Kier molecular flexibility index (Phi) is 39.5. The maximum Gasteiger partial charge on any atom is 0.410 e. The van der Waals surface area contributed by atoms with Gasteiger partial charge in [-0.1, -0.05) is 156 Å². The molecular weight excluding hydrogens is 961 g/mol. The molecule has 0 aromatic heterocycles. The van der Waals surface area contributed by atoms with Crippen LogP contribution in [-0.4, -0.2) is 130 Å². The molecule has 0 N–H and O–H groups in total. The molecule has 2 aliphatic rings. The van der Waals surface area contributed by atoms with Crippen LogP contribution in [0, 0.1) is 17.8 Å². The van der Waals surface area contributed by atoms with Gasteiger partial charge in [0.05, 0.1) is 58.5 Å². The Morgan fingerprint density at radius 2 is 0.827 bits per heavy atom. The van der Waals surface area contributed by atoms with Gasteiger partial charge in [-0.05, 0) is 52.1 Å². The van der Waals surface area contributed by atoms with Crippen molar-refractivity contribution >= 4 is 41.9 Å². The Bertz CT molecular complexity index is 1500. The summed E-state index contributed by atoms with van der Waals surface area (Å²) in [7, 11) is 2.04. The Morgan fingerprint density at radius 1 is 0.440 bits per heavy atom. The first kappa shape index (κ1) is 67.2. The van der Waals surface area contributed by atoms with E-state index in [1.54, 1.807) is 0 Å². The summed E-state index contributed by atoms with van der Waals surface area (Å²) < 4.78 is 40.0. The number of hydrogen-bond donors (Lipinski definition) is 0. The smallest absolute Gasteiger partial charge is 0.410 e. The van der Waals surface area contributed by atoms with E-state index in [-0.39, 0.29) is 121 Å². The van der Waals surface area contributed by atoms with Crippen LogP contribution in [-0.2, 0) is 61.9 Å². The highest BCUT2D eigenvalue weighted by molar-refractivity contribution is 5.73. The average Bonchev–Trinajstić information content (AvgIpc) is 3.80. The molecule has 0 saturated carbocycles. The summed E-state index contributed by atoms with van der Waals surface area (Å²) in [5.41, 5.74) is 0. The Morgan fingerprint density at radius 3 is 1.23 bits per heavy atom. The van der Waals surface area contributed by atoms with E-state index in [0.29, 0.717) is 25.7 Å². The predicted octanol–water partition coefficient (Wildman–Crippen LogP) is 12.2. The Balaban J connectivity index is 2.13. The zero-order valence-electron chi connectivity index (χ0n) is 47.7. The number of carbonyl (C=O) groups excluding carboxylic acids is 7. The van der Waals surface area contributed by atoms with Crippen LogP contribution in [0.25, 0.3) is 0 Å². The van der Waals surface area contributed by atoms with Crippen molar-refractivity contribution in [2.45, 2.75) is 252 Å². The number of nitrogens with zero attached hydrogens (tertiary/aromatic N) is 2. The monoisotopic (exact) mass is 1060 g/mol. The van der Waals surface area contributed by atoms with Gasteiger partial charge in [0.15, 0.2) is 0 Å². The standard InChI is InChI=1S/C59H104N2O14/c1-6-10-14-18-22-26-32-53(62)69-43-49(44-70-54(63)33-27-23-19-15-11-7-2)37-57(66)73-47-51-39-52(41-61(51)59(68)74-42-48-31-30-36-60(5)40-48)75-58(67)38-50(45-71-55(64)34-28-24-20-16-12-8-3)46-72-56(65)35-29-25-21-17-13-9-4/h48-52H,6-47H2,1-5H3/t48?,51-,52+/m0/s1. The number of amides is 1. The fourth-order valence-corrected chi connectivity index (χ4v) is 9.64. The summed E-state index contributed by atoms with van der Waals surface area (Å²) in [4.78, 5) is 95.6. The van der Waals surface area contributed by atoms with Gasteiger partial charge in [-0.3, -0.25) is 33.7 Å². The molecule has 75 heavy (non-hydrogen) atoms. The first-order valence-corrected chi connectivity index (χ1v) is 30.0. The lowest BCUT2D eigenvalue weighted by Crippen LogP contribution is -2.41. The maximum absolute atomic E-state index is 13.8. The fraction of sp³-hybridized carbons (Fsp3) is 0.881. The summed E-state index contributed by atoms with van der Waals surface area (Å²) in [6, 6.07) is -0.696.